The molecule has 1 aliphatic carbocycles. The fourth-order valence-corrected chi connectivity index (χ4v) is 8.00. The van der Waals surface area contributed by atoms with Gasteiger partial charge in [0.2, 0.25) is 0 Å². The van der Waals surface area contributed by atoms with Gasteiger partial charge in [-0.3, -0.25) is 10.2 Å². The summed E-state index contributed by atoms with van der Waals surface area (Å²) in [6.07, 6.45) is 9.06. The maximum atomic E-state index is 12.8. The van der Waals surface area contributed by atoms with Crippen LogP contribution in [-0.4, -0.2) is 116 Å². The van der Waals surface area contributed by atoms with Crippen LogP contribution < -0.4 is 16.0 Å². The monoisotopic (exact) mass is 593 g/mol. The number of fused-ring (bicyclic) bond motifs is 2. The molecule has 5 rings (SSSR count). The van der Waals surface area contributed by atoms with Gasteiger partial charge in [0.05, 0.1) is 30.6 Å². The summed E-state index contributed by atoms with van der Waals surface area (Å²) < 4.78 is 18.8. The Morgan fingerprint density at radius 2 is 1.88 bits per heavy atom. The fourth-order valence-electron chi connectivity index (χ4n) is 8.00. The molecule has 1 saturated carbocycles. The molecule has 5 fully saturated rings. The maximum absolute atomic E-state index is 12.8. The van der Waals surface area contributed by atoms with Gasteiger partial charge < -0.3 is 34.9 Å². The first kappa shape index (κ1) is 32.4. The lowest BCUT2D eigenvalue weighted by Crippen LogP contribution is -2.54. The molecule has 0 bridgehead atoms. The number of hydrogen-bond donors (Lipinski definition) is 4. The van der Waals surface area contributed by atoms with Crippen molar-refractivity contribution < 1.29 is 24.1 Å². The number of carbonyl (C=O) groups is 1. The predicted molar refractivity (Wildman–Crippen MR) is 163 cm³/mol. The van der Waals surface area contributed by atoms with Crippen molar-refractivity contribution >= 4 is 6.09 Å². The van der Waals surface area contributed by atoms with Crippen molar-refractivity contribution in [3.8, 4) is 0 Å². The molecule has 42 heavy (non-hydrogen) atoms. The number of nitrogens with one attached hydrogen (secondary N) is 3. The molecule has 9 unspecified atom stereocenters. The number of aliphatic hydroxyl groups is 1. The maximum Gasteiger partial charge on any atom is 0.410 e. The third-order valence-corrected chi connectivity index (χ3v) is 10.5. The Hall–Kier alpha value is -1.01. The Labute approximate surface area is 253 Å². The van der Waals surface area contributed by atoms with Crippen LogP contribution in [-0.2, 0) is 14.2 Å². The number of hydrogen-bond acceptors (Lipinski definition) is 9. The van der Waals surface area contributed by atoms with Gasteiger partial charge in [-0.1, -0.05) is 6.92 Å². The largest absolute Gasteiger partial charge is 0.444 e. The van der Waals surface area contributed by atoms with Crippen LogP contribution >= 0.6 is 0 Å². The van der Waals surface area contributed by atoms with E-state index in [2.05, 4.69) is 27.8 Å². The average Bonchev–Trinajstić information content (AvgIpc) is 3.11. The van der Waals surface area contributed by atoms with E-state index < -0.39 is 11.8 Å². The fraction of sp³-hybridized carbons (Fsp3) is 0.969. The molecule has 0 aromatic rings. The number of ether oxygens (including phenoxy) is 3. The summed E-state index contributed by atoms with van der Waals surface area (Å²) in [7, 11) is 2.04. The molecule has 0 aromatic heterocycles. The standard InChI is InChI=1S/C32H59N5O5/c1-21-26-17-25(40-24-10-12-33-13-11-24)7-8-27(26)41-28(21)20-36(5)29(38)9-6-22-16-23-19-37(31(39)42-32(2,3)4)15-14-34-30(23)35-18-22/h21-30,33-35,38H,6-20H2,1-5H3. The Morgan fingerprint density at radius 1 is 1.10 bits per heavy atom. The number of carbonyl (C=O) groups excluding carboxylic acids is 1. The molecular formula is C32H59N5O5. The molecule has 242 valence electrons. The molecule has 0 aromatic carbocycles. The summed E-state index contributed by atoms with van der Waals surface area (Å²) in [5.41, 5.74) is -0.492. The van der Waals surface area contributed by atoms with Gasteiger partial charge >= 0.3 is 6.09 Å². The molecule has 0 spiro atoms. The van der Waals surface area contributed by atoms with E-state index >= 15 is 0 Å². The van der Waals surface area contributed by atoms with E-state index in [-0.39, 0.29) is 18.4 Å². The summed E-state index contributed by atoms with van der Waals surface area (Å²) in [5.74, 6) is 1.82. The van der Waals surface area contributed by atoms with Crippen molar-refractivity contribution in [3.05, 3.63) is 0 Å². The highest BCUT2D eigenvalue weighted by Crippen LogP contribution is 2.43. The molecule has 4 heterocycles. The van der Waals surface area contributed by atoms with E-state index in [1.807, 2.05) is 32.7 Å². The van der Waals surface area contributed by atoms with Crippen LogP contribution in [0.5, 0.6) is 0 Å². The molecular weight excluding hydrogens is 534 g/mol. The molecule has 1 amide bonds. The average molecular weight is 594 g/mol. The van der Waals surface area contributed by atoms with Crippen LogP contribution in [0.2, 0.25) is 0 Å². The van der Waals surface area contributed by atoms with E-state index in [1.54, 1.807) is 0 Å². The summed E-state index contributed by atoms with van der Waals surface area (Å²) in [6.45, 7) is 14.0. The number of rotatable bonds is 8. The van der Waals surface area contributed by atoms with E-state index in [1.165, 1.54) is 0 Å². The number of nitrogens with zero attached hydrogens (tertiary/aromatic N) is 2. The van der Waals surface area contributed by atoms with Crippen LogP contribution in [0.15, 0.2) is 0 Å². The molecule has 10 heteroatoms. The number of likely N-dealkylation sites (N-methyl/N-ethyl adjacent to an activating group) is 1. The highest BCUT2D eigenvalue weighted by molar-refractivity contribution is 5.68. The highest BCUT2D eigenvalue weighted by Gasteiger charge is 2.46. The molecule has 9 atom stereocenters. The first-order chi connectivity index (χ1) is 20.1. The summed E-state index contributed by atoms with van der Waals surface area (Å²) in [4.78, 5) is 16.7. The number of aliphatic hydroxyl groups excluding tert-OH is 1. The Bertz CT molecular complexity index is 867. The minimum absolute atomic E-state index is 0.158. The van der Waals surface area contributed by atoms with Crippen LogP contribution in [0.3, 0.4) is 0 Å². The number of amides is 1. The van der Waals surface area contributed by atoms with Crippen LogP contribution in [0.1, 0.15) is 79.1 Å². The predicted octanol–water partition coefficient (Wildman–Crippen LogP) is 2.75. The lowest BCUT2D eigenvalue weighted by molar-refractivity contribution is -0.0781. The van der Waals surface area contributed by atoms with Gasteiger partial charge in [0.15, 0.2) is 0 Å². The SMILES string of the molecule is CC1C(CN(C)C(O)CCC2CNC3NCCN(C(=O)OC(C)(C)C)CC3C2)OC2CCC(OC3CCNCC3)CC21. The third kappa shape index (κ3) is 8.58. The van der Waals surface area contributed by atoms with Crippen LogP contribution in [0.25, 0.3) is 0 Å². The van der Waals surface area contributed by atoms with Crippen molar-refractivity contribution in [2.24, 2.45) is 23.7 Å². The van der Waals surface area contributed by atoms with E-state index in [4.69, 9.17) is 14.2 Å². The molecule has 0 radical (unpaired) electrons. The topological polar surface area (TPSA) is 108 Å². The van der Waals surface area contributed by atoms with Crippen molar-refractivity contribution in [1.29, 1.82) is 0 Å². The van der Waals surface area contributed by atoms with Crippen molar-refractivity contribution in [2.45, 2.75) is 121 Å². The van der Waals surface area contributed by atoms with E-state index in [0.29, 0.717) is 55.1 Å². The van der Waals surface area contributed by atoms with Gasteiger partial charge in [-0.15, -0.1) is 0 Å². The van der Waals surface area contributed by atoms with Gasteiger partial charge in [-0.25, -0.2) is 4.79 Å². The van der Waals surface area contributed by atoms with Crippen molar-refractivity contribution in [3.63, 3.8) is 0 Å². The zero-order valence-electron chi connectivity index (χ0n) is 26.9. The third-order valence-electron chi connectivity index (χ3n) is 10.5. The second-order valence-corrected chi connectivity index (χ2v) is 14.9. The van der Waals surface area contributed by atoms with Crippen LogP contribution in [0.4, 0.5) is 4.79 Å². The summed E-state index contributed by atoms with van der Waals surface area (Å²) in [6, 6.07) is 0. The smallest absolute Gasteiger partial charge is 0.410 e. The van der Waals surface area contributed by atoms with Crippen molar-refractivity contribution in [1.82, 2.24) is 25.8 Å². The first-order valence-corrected chi connectivity index (χ1v) is 16.9. The first-order valence-electron chi connectivity index (χ1n) is 16.9. The van der Waals surface area contributed by atoms with Crippen molar-refractivity contribution in [2.75, 3.05) is 52.9 Å². The second-order valence-electron chi connectivity index (χ2n) is 14.9. The van der Waals surface area contributed by atoms with Gasteiger partial charge in [0.1, 0.15) is 11.8 Å². The van der Waals surface area contributed by atoms with Gasteiger partial charge in [-0.2, -0.15) is 0 Å². The molecule has 4 saturated heterocycles. The molecule has 10 nitrogen and oxygen atoms in total. The quantitative estimate of drug-likeness (QED) is 0.316. The lowest BCUT2D eigenvalue weighted by atomic mass is 9.78. The second kappa shape index (κ2) is 14.4. The zero-order valence-corrected chi connectivity index (χ0v) is 26.9. The van der Waals surface area contributed by atoms with Gasteiger partial charge in [0, 0.05) is 32.1 Å². The molecule has 5 aliphatic rings. The highest BCUT2D eigenvalue weighted by atomic mass is 16.6. The minimum atomic E-state index is -0.492. The van der Waals surface area contributed by atoms with Gasteiger partial charge in [-0.05, 0) is 117 Å². The Kier molecular flexibility index (Phi) is 11.1. The van der Waals surface area contributed by atoms with E-state index in [0.717, 1.165) is 84.1 Å². The summed E-state index contributed by atoms with van der Waals surface area (Å²) >= 11 is 0. The zero-order chi connectivity index (χ0) is 29.9. The normalized spacial score (nSPS) is 37.2. The number of piperidine rings is 2. The van der Waals surface area contributed by atoms with Crippen LogP contribution in [0, 0.1) is 23.7 Å². The lowest BCUT2D eigenvalue weighted by Gasteiger charge is -2.38. The van der Waals surface area contributed by atoms with Gasteiger partial charge in [0.25, 0.3) is 0 Å². The molecule has 4 aliphatic heterocycles. The minimum Gasteiger partial charge on any atom is -0.444 e. The molecule has 4 N–H and O–H groups in total. The summed E-state index contributed by atoms with van der Waals surface area (Å²) in [5, 5.41) is 21.8. The Balaban J connectivity index is 1.05. The van der Waals surface area contributed by atoms with E-state index in [9.17, 15) is 9.90 Å². The Morgan fingerprint density at radius 3 is 2.64 bits per heavy atom.